The molecule has 0 aliphatic carbocycles. The third kappa shape index (κ3) is 4.45. The molecule has 3 N–H and O–H groups in total. The number of carbonyl (C=O) groups is 1. The number of nitrogens with one attached hydrogen (secondary N) is 1. The third-order valence-corrected chi connectivity index (χ3v) is 6.02. The molecule has 8 heteroatoms. The van der Waals surface area contributed by atoms with Gasteiger partial charge in [-0.15, -0.1) is 0 Å². The Kier molecular flexibility index (Phi) is 6.29. The van der Waals surface area contributed by atoms with Gasteiger partial charge in [0.05, 0.1) is 29.5 Å². The van der Waals surface area contributed by atoms with E-state index in [9.17, 15) is 14.1 Å². The molecule has 164 valence electrons. The second-order valence-corrected chi connectivity index (χ2v) is 8.12. The monoisotopic (exact) mass is 427 g/mol. The van der Waals surface area contributed by atoms with Crippen LogP contribution in [0.3, 0.4) is 0 Å². The van der Waals surface area contributed by atoms with E-state index in [0.717, 1.165) is 31.6 Å². The number of carbonyl (C=O) groups excluding carboxylic acids is 1. The minimum atomic E-state index is -0.982. The molecular formula is C23H28FN4O3+. The summed E-state index contributed by atoms with van der Waals surface area (Å²) >= 11 is 0. The maximum absolute atomic E-state index is 14.1. The van der Waals surface area contributed by atoms with Crippen molar-refractivity contribution >= 4 is 23.0 Å². The molecule has 2 aliphatic rings. The Hall–Kier alpha value is -2.84. The zero-order valence-electron chi connectivity index (χ0n) is 17.6. The predicted octanol–water partition coefficient (Wildman–Crippen LogP) is 3.05. The number of fused-ring (bicyclic) bond motifs is 1. The molecule has 0 bridgehead atoms. The lowest BCUT2D eigenvalue weighted by Crippen LogP contribution is -2.37. The van der Waals surface area contributed by atoms with Gasteiger partial charge in [-0.05, 0) is 50.1 Å². The van der Waals surface area contributed by atoms with Crippen LogP contribution in [0.5, 0.6) is 0 Å². The molecule has 1 amide bonds. The number of amides is 1. The van der Waals surface area contributed by atoms with Gasteiger partial charge in [0.25, 0.3) is 17.6 Å². The van der Waals surface area contributed by atoms with E-state index in [4.69, 9.17) is 10.5 Å². The van der Waals surface area contributed by atoms with Crippen LogP contribution >= 0.6 is 0 Å². The summed E-state index contributed by atoms with van der Waals surface area (Å²) in [6, 6.07) is 9.50. The Balaban J connectivity index is 1.41. The summed E-state index contributed by atoms with van der Waals surface area (Å²) in [6.45, 7) is 4.57. The minimum absolute atomic E-state index is 0.0637. The number of halogens is 1. The van der Waals surface area contributed by atoms with E-state index in [1.54, 1.807) is 19.1 Å². The summed E-state index contributed by atoms with van der Waals surface area (Å²) in [4.78, 5) is 27.8. The Morgan fingerprint density at radius 3 is 2.77 bits per heavy atom. The van der Waals surface area contributed by atoms with E-state index < -0.39 is 17.8 Å². The highest BCUT2D eigenvalue weighted by Gasteiger charge is 2.46. The molecule has 1 atom stereocenters. The van der Waals surface area contributed by atoms with E-state index in [2.05, 4.69) is 10.2 Å². The number of piperidine rings is 1. The van der Waals surface area contributed by atoms with Gasteiger partial charge in [0.15, 0.2) is 0 Å². The molecule has 1 saturated heterocycles. The van der Waals surface area contributed by atoms with Gasteiger partial charge in [-0.25, -0.2) is 4.39 Å². The molecule has 2 heterocycles. The largest absolute Gasteiger partial charge is 0.377 e. The number of anilines is 2. The van der Waals surface area contributed by atoms with Crippen molar-refractivity contribution in [2.24, 2.45) is 5.73 Å². The minimum Gasteiger partial charge on any atom is -0.377 e. The number of ether oxygens (including phenoxy) is 1. The second-order valence-electron chi connectivity index (χ2n) is 8.12. The Morgan fingerprint density at radius 2 is 2.06 bits per heavy atom. The van der Waals surface area contributed by atoms with Gasteiger partial charge in [-0.1, -0.05) is 6.07 Å². The van der Waals surface area contributed by atoms with Crippen LogP contribution < -0.4 is 16.0 Å². The Bertz CT molecular complexity index is 989. The van der Waals surface area contributed by atoms with E-state index >= 15 is 0 Å². The number of aryl methyl sites for hydroxylation is 1. The van der Waals surface area contributed by atoms with Crippen molar-refractivity contribution in [1.29, 1.82) is 0 Å². The van der Waals surface area contributed by atoms with Gasteiger partial charge in [-0.3, -0.25) is 4.79 Å². The third-order valence-electron chi connectivity index (χ3n) is 6.02. The van der Waals surface area contributed by atoms with Crippen molar-refractivity contribution in [2.75, 3.05) is 36.5 Å². The van der Waals surface area contributed by atoms with E-state index in [-0.39, 0.29) is 18.2 Å². The van der Waals surface area contributed by atoms with Gasteiger partial charge < -0.3 is 20.7 Å². The summed E-state index contributed by atoms with van der Waals surface area (Å²) in [5, 5.41) is 2.84. The number of nitrogens with two attached hydrogens (primary N) is 1. The molecule has 0 saturated carbocycles. The van der Waals surface area contributed by atoms with Gasteiger partial charge in [-0.2, -0.15) is 0 Å². The van der Waals surface area contributed by atoms with Gasteiger partial charge in [0, 0.05) is 41.5 Å². The molecule has 4 rings (SSSR count). The van der Waals surface area contributed by atoms with Crippen LogP contribution in [0.15, 0.2) is 36.4 Å². The number of rotatable bonds is 6. The summed E-state index contributed by atoms with van der Waals surface area (Å²) in [6.07, 6.45) is 2.15. The lowest BCUT2D eigenvalue weighted by Gasteiger charge is -2.33. The lowest BCUT2D eigenvalue weighted by atomic mass is 10.1. The maximum Gasteiger partial charge on any atom is 0.298 e. The molecule has 2 aromatic carbocycles. The van der Waals surface area contributed by atoms with Crippen molar-refractivity contribution < 1.29 is 18.7 Å². The summed E-state index contributed by atoms with van der Waals surface area (Å²) in [5.74, 6) is -0.881. The fourth-order valence-corrected chi connectivity index (χ4v) is 4.38. The normalized spacial score (nSPS) is 18.9. The number of benzene rings is 2. The highest BCUT2D eigenvalue weighted by atomic mass is 19.1. The van der Waals surface area contributed by atoms with E-state index in [1.807, 2.05) is 18.2 Å². The van der Waals surface area contributed by atoms with Crippen molar-refractivity contribution in [1.82, 2.24) is 0 Å². The van der Waals surface area contributed by atoms with Crippen LogP contribution in [-0.2, 0) is 16.0 Å². The van der Waals surface area contributed by atoms with Crippen LogP contribution in [0.25, 0.3) is 0 Å². The molecule has 31 heavy (non-hydrogen) atoms. The first kappa shape index (κ1) is 21.4. The SMILES string of the molecule is Cc1ccc(F)c2c1[N+](=O)C(C(=O)Nc1cccc(N3CCC(OCCN)CC3)c1)C2. The molecular weight excluding hydrogens is 399 g/mol. The van der Waals surface area contributed by atoms with Crippen molar-refractivity contribution in [3.05, 3.63) is 58.2 Å². The summed E-state index contributed by atoms with van der Waals surface area (Å²) < 4.78 is 20.5. The van der Waals surface area contributed by atoms with Crippen molar-refractivity contribution in [3.8, 4) is 0 Å². The average Bonchev–Trinajstić information content (AvgIpc) is 3.14. The highest BCUT2D eigenvalue weighted by Crippen LogP contribution is 2.35. The fraction of sp³-hybridized carbons (Fsp3) is 0.435. The van der Waals surface area contributed by atoms with Crippen LogP contribution in [0.2, 0.25) is 0 Å². The molecule has 0 spiro atoms. The second kappa shape index (κ2) is 9.11. The summed E-state index contributed by atoms with van der Waals surface area (Å²) in [5.41, 5.74) is 8.37. The molecule has 0 radical (unpaired) electrons. The van der Waals surface area contributed by atoms with E-state index in [1.165, 1.54) is 6.07 Å². The average molecular weight is 428 g/mol. The van der Waals surface area contributed by atoms with Crippen LogP contribution in [0.4, 0.5) is 21.5 Å². The maximum atomic E-state index is 14.1. The van der Waals surface area contributed by atoms with Crippen LogP contribution in [0.1, 0.15) is 24.0 Å². The predicted molar refractivity (Wildman–Crippen MR) is 117 cm³/mol. The van der Waals surface area contributed by atoms with Crippen molar-refractivity contribution in [2.45, 2.75) is 38.3 Å². The number of hydrogen-bond acceptors (Lipinski definition) is 5. The zero-order valence-corrected chi connectivity index (χ0v) is 17.6. The molecule has 1 unspecified atom stereocenters. The topological polar surface area (TPSA) is 87.7 Å². The van der Waals surface area contributed by atoms with Crippen molar-refractivity contribution in [3.63, 3.8) is 0 Å². The Morgan fingerprint density at radius 1 is 1.29 bits per heavy atom. The number of nitroso groups, excluding NO2 is 1. The molecule has 0 aromatic heterocycles. The quantitative estimate of drug-likeness (QED) is 0.692. The zero-order chi connectivity index (χ0) is 22.0. The van der Waals surface area contributed by atoms with Crippen LogP contribution in [0, 0.1) is 17.6 Å². The van der Waals surface area contributed by atoms with Gasteiger partial charge >= 0.3 is 0 Å². The van der Waals surface area contributed by atoms with E-state index in [0.29, 0.717) is 34.7 Å². The molecule has 2 aromatic rings. The van der Waals surface area contributed by atoms with Gasteiger partial charge in [0.2, 0.25) is 0 Å². The van der Waals surface area contributed by atoms with Gasteiger partial charge in [0.1, 0.15) is 5.82 Å². The molecule has 2 aliphatic heterocycles. The number of nitrogens with zero attached hydrogens (tertiary/aromatic N) is 2. The standard InChI is InChI=1S/C23H27FN4O3/c1-15-5-6-20(24)19-14-21(28(30)22(15)19)23(29)26-16-3-2-4-17(13-16)27-10-7-18(8-11-27)31-12-9-25/h2-6,13,18,21H,7-12,14,25H2,1H3/p+1. The molecule has 1 fully saturated rings. The first-order chi connectivity index (χ1) is 15.0. The van der Waals surface area contributed by atoms with Crippen LogP contribution in [-0.4, -0.2) is 49.1 Å². The fourth-order valence-electron chi connectivity index (χ4n) is 4.38. The lowest BCUT2D eigenvalue weighted by molar-refractivity contribution is -0.480. The summed E-state index contributed by atoms with van der Waals surface area (Å²) in [7, 11) is 0. The highest BCUT2D eigenvalue weighted by molar-refractivity contribution is 5.95. The first-order valence-electron chi connectivity index (χ1n) is 10.7. The first-order valence-corrected chi connectivity index (χ1v) is 10.7. The Labute approximate surface area is 180 Å². The smallest absolute Gasteiger partial charge is 0.298 e. The number of hydrogen-bond donors (Lipinski definition) is 2. The molecule has 7 nitrogen and oxygen atoms in total.